The quantitative estimate of drug-likeness (QED) is 0.802. The highest BCUT2D eigenvalue weighted by atomic mass is 16.3. The smallest absolute Gasteiger partial charge is 0.255 e. The lowest BCUT2D eigenvalue weighted by Gasteiger charge is -2.28. The summed E-state index contributed by atoms with van der Waals surface area (Å²) in [6.07, 6.45) is 3.80. The van der Waals surface area contributed by atoms with Crippen molar-refractivity contribution < 1.29 is 9.90 Å². The molecule has 1 heterocycles. The molecular weight excluding hydrogens is 230 g/mol. The van der Waals surface area contributed by atoms with Crippen molar-refractivity contribution in [3.63, 3.8) is 0 Å². The van der Waals surface area contributed by atoms with Crippen LogP contribution in [0.4, 0.5) is 0 Å². The molecule has 1 aromatic rings. The highest BCUT2D eigenvalue weighted by Gasteiger charge is 2.26. The van der Waals surface area contributed by atoms with Crippen LogP contribution in [0.15, 0.2) is 6.20 Å². The van der Waals surface area contributed by atoms with E-state index in [4.69, 9.17) is 5.11 Å². The molecule has 18 heavy (non-hydrogen) atoms. The Balaban J connectivity index is 2.87. The fraction of sp³-hybridized carbons (Fsp3) is 0.692. The number of nitrogens with one attached hydrogen (secondary N) is 1. The van der Waals surface area contributed by atoms with Crippen molar-refractivity contribution in [1.82, 2.24) is 15.1 Å². The van der Waals surface area contributed by atoms with E-state index < -0.39 is 0 Å². The topological polar surface area (TPSA) is 67.2 Å². The van der Waals surface area contributed by atoms with E-state index in [2.05, 4.69) is 10.4 Å². The molecule has 0 aromatic carbocycles. The standard InChI is InChI=1S/C13H23N3O2/c1-5-11-10(9-16(4)15-11)12(18)14-13(3,6-2)7-8-17/h9,17H,5-8H2,1-4H3,(H,14,18). The van der Waals surface area contributed by atoms with E-state index in [1.165, 1.54) is 0 Å². The first kappa shape index (κ1) is 14.7. The third kappa shape index (κ3) is 3.32. The van der Waals surface area contributed by atoms with E-state index in [9.17, 15) is 4.79 Å². The van der Waals surface area contributed by atoms with Gasteiger partial charge in [0.05, 0.1) is 11.3 Å². The number of carbonyl (C=O) groups excluding carboxylic acids is 1. The number of amides is 1. The van der Waals surface area contributed by atoms with Crippen LogP contribution in [0, 0.1) is 0 Å². The number of nitrogens with zero attached hydrogens (tertiary/aromatic N) is 2. The van der Waals surface area contributed by atoms with Crippen LogP contribution < -0.4 is 5.32 Å². The van der Waals surface area contributed by atoms with E-state index in [1.54, 1.807) is 10.9 Å². The summed E-state index contributed by atoms with van der Waals surface area (Å²) in [7, 11) is 1.81. The SMILES string of the molecule is CCc1nn(C)cc1C(=O)NC(C)(CC)CCO. The fourth-order valence-corrected chi connectivity index (χ4v) is 1.90. The average molecular weight is 253 g/mol. The molecule has 1 atom stereocenters. The van der Waals surface area contributed by atoms with Gasteiger partial charge in [-0.1, -0.05) is 13.8 Å². The molecule has 1 rings (SSSR count). The lowest BCUT2D eigenvalue weighted by atomic mass is 9.94. The van der Waals surface area contributed by atoms with Gasteiger partial charge in [0.25, 0.3) is 5.91 Å². The van der Waals surface area contributed by atoms with Crippen LogP contribution in [-0.4, -0.2) is 32.9 Å². The van der Waals surface area contributed by atoms with E-state index >= 15 is 0 Å². The van der Waals surface area contributed by atoms with Crippen LogP contribution in [0.25, 0.3) is 0 Å². The highest BCUT2D eigenvalue weighted by Crippen LogP contribution is 2.16. The Bertz CT molecular complexity index is 414. The fourth-order valence-electron chi connectivity index (χ4n) is 1.90. The third-order valence-corrected chi connectivity index (χ3v) is 3.34. The summed E-state index contributed by atoms with van der Waals surface area (Å²) < 4.78 is 1.66. The Morgan fingerprint density at radius 1 is 1.56 bits per heavy atom. The van der Waals surface area contributed by atoms with Crippen molar-refractivity contribution in [2.75, 3.05) is 6.61 Å². The van der Waals surface area contributed by atoms with Gasteiger partial charge in [0.2, 0.25) is 0 Å². The highest BCUT2D eigenvalue weighted by molar-refractivity contribution is 5.95. The van der Waals surface area contributed by atoms with Crippen molar-refractivity contribution >= 4 is 5.91 Å². The minimum Gasteiger partial charge on any atom is -0.396 e. The van der Waals surface area contributed by atoms with Crippen molar-refractivity contribution in [2.45, 2.75) is 45.6 Å². The monoisotopic (exact) mass is 253 g/mol. The van der Waals surface area contributed by atoms with Gasteiger partial charge in [0.15, 0.2) is 0 Å². The number of carbonyl (C=O) groups is 1. The molecule has 1 amide bonds. The first-order valence-corrected chi connectivity index (χ1v) is 6.41. The maximum absolute atomic E-state index is 12.2. The Hall–Kier alpha value is -1.36. The maximum atomic E-state index is 12.2. The third-order valence-electron chi connectivity index (χ3n) is 3.34. The summed E-state index contributed by atoms with van der Waals surface area (Å²) in [6.45, 7) is 5.99. The zero-order valence-electron chi connectivity index (χ0n) is 11.7. The summed E-state index contributed by atoms with van der Waals surface area (Å²) in [5.41, 5.74) is 1.06. The molecule has 0 radical (unpaired) electrons. The number of rotatable bonds is 6. The molecule has 0 saturated heterocycles. The van der Waals surface area contributed by atoms with Gasteiger partial charge < -0.3 is 10.4 Å². The van der Waals surface area contributed by atoms with Crippen LogP contribution in [0.5, 0.6) is 0 Å². The van der Waals surface area contributed by atoms with Crippen molar-refractivity contribution in [3.05, 3.63) is 17.5 Å². The molecule has 0 bridgehead atoms. The molecule has 0 saturated carbocycles. The number of hydrogen-bond donors (Lipinski definition) is 2. The van der Waals surface area contributed by atoms with Gasteiger partial charge in [-0.2, -0.15) is 5.10 Å². The minimum atomic E-state index is -0.368. The molecule has 0 aliphatic carbocycles. The van der Waals surface area contributed by atoms with E-state index in [0.717, 1.165) is 18.5 Å². The number of aliphatic hydroxyl groups is 1. The molecule has 1 unspecified atom stereocenters. The zero-order valence-corrected chi connectivity index (χ0v) is 11.7. The Morgan fingerprint density at radius 3 is 2.72 bits per heavy atom. The molecular formula is C13H23N3O2. The summed E-state index contributed by atoms with van der Waals surface area (Å²) >= 11 is 0. The van der Waals surface area contributed by atoms with Crippen LogP contribution >= 0.6 is 0 Å². The average Bonchev–Trinajstić information content (AvgIpc) is 2.71. The van der Waals surface area contributed by atoms with Crippen LogP contribution in [0.3, 0.4) is 0 Å². The van der Waals surface area contributed by atoms with Gasteiger partial charge in [-0.15, -0.1) is 0 Å². The number of aromatic nitrogens is 2. The second-order valence-electron chi connectivity index (χ2n) is 4.86. The predicted octanol–water partition coefficient (Wildman–Crippen LogP) is 1.26. The lowest BCUT2D eigenvalue weighted by molar-refractivity contribution is 0.0885. The first-order chi connectivity index (χ1) is 8.45. The van der Waals surface area contributed by atoms with Gasteiger partial charge in [-0.05, 0) is 26.2 Å². The predicted molar refractivity (Wildman–Crippen MR) is 70.5 cm³/mol. The maximum Gasteiger partial charge on any atom is 0.255 e. The second kappa shape index (κ2) is 6.00. The summed E-state index contributed by atoms with van der Waals surface area (Å²) in [6, 6.07) is 0. The molecule has 0 spiro atoms. The van der Waals surface area contributed by atoms with Crippen LogP contribution in [-0.2, 0) is 13.5 Å². The van der Waals surface area contributed by atoms with Gasteiger partial charge in [0.1, 0.15) is 0 Å². The largest absolute Gasteiger partial charge is 0.396 e. The number of aryl methyl sites for hydroxylation is 2. The number of hydrogen-bond acceptors (Lipinski definition) is 3. The summed E-state index contributed by atoms with van der Waals surface area (Å²) in [5.74, 6) is -0.113. The van der Waals surface area contributed by atoms with Crippen LogP contribution in [0.2, 0.25) is 0 Å². The van der Waals surface area contributed by atoms with Gasteiger partial charge in [-0.3, -0.25) is 9.48 Å². The van der Waals surface area contributed by atoms with E-state index in [1.807, 2.05) is 27.8 Å². The van der Waals surface area contributed by atoms with Crippen molar-refractivity contribution in [3.8, 4) is 0 Å². The van der Waals surface area contributed by atoms with E-state index in [-0.39, 0.29) is 18.1 Å². The van der Waals surface area contributed by atoms with Gasteiger partial charge in [-0.25, -0.2) is 0 Å². The zero-order chi connectivity index (χ0) is 13.8. The molecule has 0 aliphatic heterocycles. The minimum absolute atomic E-state index is 0.0678. The first-order valence-electron chi connectivity index (χ1n) is 6.41. The number of aliphatic hydroxyl groups excluding tert-OH is 1. The van der Waals surface area contributed by atoms with Crippen molar-refractivity contribution in [1.29, 1.82) is 0 Å². The molecule has 5 nitrogen and oxygen atoms in total. The van der Waals surface area contributed by atoms with E-state index in [0.29, 0.717) is 12.0 Å². The van der Waals surface area contributed by atoms with Gasteiger partial charge in [0, 0.05) is 25.4 Å². The molecule has 102 valence electrons. The molecule has 0 fully saturated rings. The Labute approximate surface area is 108 Å². The molecule has 0 aliphatic rings. The molecule has 2 N–H and O–H groups in total. The van der Waals surface area contributed by atoms with Gasteiger partial charge >= 0.3 is 0 Å². The Kier molecular flexibility index (Phi) is 4.90. The molecule has 1 aromatic heterocycles. The van der Waals surface area contributed by atoms with Crippen molar-refractivity contribution in [2.24, 2.45) is 7.05 Å². The Morgan fingerprint density at radius 2 is 2.22 bits per heavy atom. The normalized spacial score (nSPS) is 14.3. The summed E-state index contributed by atoms with van der Waals surface area (Å²) in [4.78, 5) is 12.2. The van der Waals surface area contributed by atoms with Crippen LogP contribution in [0.1, 0.15) is 49.7 Å². The lowest BCUT2D eigenvalue weighted by Crippen LogP contribution is -2.46. The molecule has 5 heteroatoms. The second-order valence-corrected chi connectivity index (χ2v) is 4.86. The summed E-state index contributed by atoms with van der Waals surface area (Å²) in [5, 5.41) is 16.3.